The quantitative estimate of drug-likeness (QED) is 0.750. The second-order valence-corrected chi connectivity index (χ2v) is 6.45. The summed E-state index contributed by atoms with van der Waals surface area (Å²) in [5.41, 5.74) is 3.20. The third-order valence-electron chi connectivity index (χ3n) is 4.32. The normalized spacial score (nSPS) is 10.9. The van der Waals surface area contributed by atoms with Crippen LogP contribution in [0.25, 0.3) is 10.9 Å². The SMILES string of the molecule is CCn1cc(C(=O)Nc2ccc(C)cc2)c(=O)c2ccc(Cl)c(C)c21. The molecule has 0 aliphatic carbocycles. The molecule has 4 nitrogen and oxygen atoms in total. The summed E-state index contributed by atoms with van der Waals surface area (Å²) in [5, 5.41) is 3.89. The van der Waals surface area contributed by atoms with Crippen LogP contribution in [0.2, 0.25) is 5.02 Å². The molecule has 0 saturated carbocycles. The highest BCUT2D eigenvalue weighted by Gasteiger charge is 2.17. The van der Waals surface area contributed by atoms with E-state index in [0.29, 0.717) is 22.6 Å². The Morgan fingerprint density at radius 2 is 1.80 bits per heavy atom. The molecule has 0 spiro atoms. The minimum absolute atomic E-state index is 0.122. The van der Waals surface area contributed by atoms with E-state index in [-0.39, 0.29) is 11.0 Å². The van der Waals surface area contributed by atoms with Crippen LogP contribution in [0, 0.1) is 13.8 Å². The maximum atomic E-state index is 12.8. The van der Waals surface area contributed by atoms with Crippen LogP contribution in [-0.2, 0) is 6.54 Å². The topological polar surface area (TPSA) is 51.1 Å². The molecular weight excluding hydrogens is 336 g/mol. The van der Waals surface area contributed by atoms with Crippen LogP contribution in [-0.4, -0.2) is 10.5 Å². The van der Waals surface area contributed by atoms with Gasteiger partial charge in [0, 0.05) is 28.8 Å². The van der Waals surface area contributed by atoms with Crippen LogP contribution < -0.4 is 10.7 Å². The van der Waals surface area contributed by atoms with Crippen LogP contribution in [0.4, 0.5) is 5.69 Å². The van der Waals surface area contributed by atoms with E-state index in [0.717, 1.165) is 16.6 Å². The molecule has 5 heteroatoms. The molecule has 1 aromatic heterocycles. The van der Waals surface area contributed by atoms with E-state index in [1.54, 1.807) is 18.3 Å². The van der Waals surface area contributed by atoms with Crippen molar-refractivity contribution < 1.29 is 4.79 Å². The minimum atomic E-state index is -0.412. The van der Waals surface area contributed by atoms with Gasteiger partial charge in [-0.05, 0) is 50.6 Å². The maximum absolute atomic E-state index is 12.8. The number of aromatic nitrogens is 1. The standard InChI is InChI=1S/C20H19ClN2O2/c1-4-23-11-16(20(25)22-14-7-5-12(2)6-8-14)19(24)15-9-10-17(21)13(3)18(15)23/h5-11H,4H2,1-3H3,(H,22,25). The van der Waals surface area contributed by atoms with Gasteiger partial charge in [0.2, 0.25) is 5.43 Å². The van der Waals surface area contributed by atoms with E-state index >= 15 is 0 Å². The van der Waals surface area contributed by atoms with Crippen molar-refractivity contribution in [2.45, 2.75) is 27.3 Å². The number of hydrogen-bond acceptors (Lipinski definition) is 2. The fourth-order valence-corrected chi connectivity index (χ4v) is 3.05. The molecule has 1 heterocycles. The molecule has 0 atom stereocenters. The van der Waals surface area contributed by atoms with Crippen LogP contribution in [0.3, 0.4) is 0 Å². The Kier molecular flexibility index (Phi) is 4.64. The number of aryl methyl sites for hydroxylation is 3. The second kappa shape index (κ2) is 6.73. The molecule has 128 valence electrons. The first-order chi connectivity index (χ1) is 11.9. The molecule has 3 rings (SSSR count). The average molecular weight is 355 g/mol. The van der Waals surface area contributed by atoms with E-state index in [4.69, 9.17) is 11.6 Å². The van der Waals surface area contributed by atoms with Crippen molar-refractivity contribution in [3.63, 3.8) is 0 Å². The molecule has 1 N–H and O–H groups in total. The number of halogens is 1. The first-order valence-corrected chi connectivity index (χ1v) is 8.50. The molecule has 3 aromatic rings. The van der Waals surface area contributed by atoms with E-state index in [1.165, 1.54) is 0 Å². The van der Waals surface area contributed by atoms with E-state index < -0.39 is 5.91 Å². The summed E-state index contributed by atoms with van der Waals surface area (Å²) >= 11 is 6.20. The number of pyridine rings is 1. The molecule has 0 unspecified atom stereocenters. The number of carbonyl (C=O) groups excluding carboxylic acids is 1. The van der Waals surface area contributed by atoms with Gasteiger partial charge in [0.1, 0.15) is 5.56 Å². The van der Waals surface area contributed by atoms with Crippen molar-refractivity contribution in [1.29, 1.82) is 0 Å². The van der Waals surface area contributed by atoms with E-state index in [1.807, 2.05) is 49.6 Å². The fourth-order valence-electron chi connectivity index (χ4n) is 2.90. The molecular formula is C20H19ClN2O2. The van der Waals surface area contributed by atoms with Gasteiger partial charge in [-0.15, -0.1) is 0 Å². The monoisotopic (exact) mass is 354 g/mol. The van der Waals surface area contributed by atoms with Crippen LogP contribution >= 0.6 is 11.6 Å². The Morgan fingerprint density at radius 1 is 1.12 bits per heavy atom. The highest BCUT2D eigenvalue weighted by Crippen LogP contribution is 2.24. The number of nitrogens with one attached hydrogen (secondary N) is 1. The summed E-state index contributed by atoms with van der Waals surface area (Å²) in [7, 11) is 0. The summed E-state index contributed by atoms with van der Waals surface area (Å²) in [6.07, 6.45) is 1.61. The number of rotatable bonds is 3. The lowest BCUT2D eigenvalue weighted by Gasteiger charge is -2.14. The summed E-state index contributed by atoms with van der Waals surface area (Å²) in [5.74, 6) is -0.412. The average Bonchev–Trinajstić information content (AvgIpc) is 2.60. The van der Waals surface area contributed by atoms with Gasteiger partial charge >= 0.3 is 0 Å². The van der Waals surface area contributed by atoms with Crippen molar-refractivity contribution in [3.05, 3.63) is 74.5 Å². The number of hydrogen-bond donors (Lipinski definition) is 1. The number of benzene rings is 2. The van der Waals surface area contributed by atoms with Crippen LogP contribution in [0.5, 0.6) is 0 Å². The predicted molar refractivity (Wildman–Crippen MR) is 103 cm³/mol. The zero-order valence-corrected chi connectivity index (χ0v) is 15.1. The van der Waals surface area contributed by atoms with Gasteiger partial charge in [0.25, 0.3) is 5.91 Å². The molecule has 25 heavy (non-hydrogen) atoms. The Bertz CT molecular complexity index is 1020. The smallest absolute Gasteiger partial charge is 0.261 e. The number of amides is 1. The molecule has 0 aliphatic rings. The molecule has 0 radical (unpaired) electrons. The summed E-state index contributed by atoms with van der Waals surface area (Å²) < 4.78 is 1.89. The van der Waals surface area contributed by atoms with Crippen molar-refractivity contribution >= 4 is 34.1 Å². The Balaban J connectivity index is 2.12. The first kappa shape index (κ1) is 17.2. The Hall–Kier alpha value is -2.59. The van der Waals surface area contributed by atoms with E-state index in [9.17, 15) is 9.59 Å². The number of anilines is 1. The zero-order chi connectivity index (χ0) is 18.1. The van der Waals surface area contributed by atoms with Crippen molar-refractivity contribution in [1.82, 2.24) is 4.57 Å². The van der Waals surface area contributed by atoms with Gasteiger partial charge in [0.05, 0.1) is 5.52 Å². The van der Waals surface area contributed by atoms with Gasteiger partial charge in [0.15, 0.2) is 0 Å². The molecule has 0 aliphatic heterocycles. The predicted octanol–water partition coefficient (Wildman–Crippen LogP) is 4.54. The second-order valence-electron chi connectivity index (χ2n) is 6.05. The van der Waals surface area contributed by atoms with Crippen molar-refractivity contribution in [3.8, 4) is 0 Å². The first-order valence-electron chi connectivity index (χ1n) is 8.12. The number of nitrogens with zero attached hydrogens (tertiary/aromatic N) is 1. The Morgan fingerprint density at radius 3 is 2.44 bits per heavy atom. The van der Waals surface area contributed by atoms with Crippen molar-refractivity contribution in [2.75, 3.05) is 5.32 Å². The van der Waals surface area contributed by atoms with Crippen molar-refractivity contribution in [2.24, 2.45) is 0 Å². The van der Waals surface area contributed by atoms with Gasteiger partial charge < -0.3 is 9.88 Å². The molecule has 2 aromatic carbocycles. The number of carbonyl (C=O) groups is 1. The van der Waals surface area contributed by atoms with Crippen LogP contribution in [0.1, 0.15) is 28.4 Å². The maximum Gasteiger partial charge on any atom is 0.261 e. The lowest BCUT2D eigenvalue weighted by Crippen LogP contribution is -2.24. The van der Waals surface area contributed by atoms with Gasteiger partial charge in [-0.25, -0.2) is 0 Å². The van der Waals surface area contributed by atoms with Gasteiger partial charge in [-0.2, -0.15) is 0 Å². The molecule has 1 amide bonds. The summed E-state index contributed by atoms with van der Waals surface area (Å²) in [6, 6.07) is 10.8. The number of fused-ring (bicyclic) bond motifs is 1. The van der Waals surface area contributed by atoms with Gasteiger partial charge in [-0.3, -0.25) is 9.59 Å². The molecule has 0 bridgehead atoms. The third-order valence-corrected chi connectivity index (χ3v) is 4.73. The Labute approximate surface area is 151 Å². The summed E-state index contributed by atoms with van der Waals surface area (Å²) in [4.78, 5) is 25.5. The highest BCUT2D eigenvalue weighted by molar-refractivity contribution is 6.32. The third kappa shape index (κ3) is 3.17. The largest absolute Gasteiger partial charge is 0.346 e. The highest BCUT2D eigenvalue weighted by atomic mass is 35.5. The van der Waals surface area contributed by atoms with Gasteiger partial charge in [-0.1, -0.05) is 29.3 Å². The lowest BCUT2D eigenvalue weighted by atomic mass is 10.1. The van der Waals surface area contributed by atoms with E-state index in [2.05, 4.69) is 5.32 Å². The fraction of sp³-hybridized carbons (Fsp3) is 0.200. The minimum Gasteiger partial charge on any atom is -0.346 e. The molecule has 0 saturated heterocycles. The molecule has 0 fully saturated rings. The lowest BCUT2D eigenvalue weighted by molar-refractivity contribution is 0.102. The zero-order valence-electron chi connectivity index (χ0n) is 14.4. The summed E-state index contributed by atoms with van der Waals surface area (Å²) in [6.45, 7) is 6.44. The van der Waals surface area contributed by atoms with Crippen LogP contribution in [0.15, 0.2) is 47.4 Å².